The highest BCUT2D eigenvalue weighted by Crippen LogP contribution is 2.11. The first-order valence-corrected chi connectivity index (χ1v) is 9.85. The lowest BCUT2D eigenvalue weighted by molar-refractivity contribution is 0.0240. The van der Waals surface area contributed by atoms with Crippen molar-refractivity contribution in [2.75, 3.05) is 52.5 Å². The van der Waals surface area contributed by atoms with Crippen molar-refractivity contribution in [2.45, 2.75) is 12.2 Å². The molecule has 0 saturated carbocycles. The quantitative estimate of drug-likeness (QED) is 0.645. The zero-order valence-electron chi connectivity index (χ0n) is 16.2. The van der Waals surface area contributed by atoms with Crippen molar-refractivity contribution in [2.24, 2.45) is 0 Å². The number of hydrogen-bond acceptors (Lipinski definition) is 6. The monoisotopic (exact) mass is 386 g/mol. The largest absolute Gasteiger partial charge is 0.491 e. The second kappa shape index (κ2) is 11.0. The van der Waals surface area contributed by atoms with Crippen LogP contribution in [0, 0.1) is 0 Å². The molecule has 0 bridgehead atoms. The first-order chi connectivity index (χ1) is 13.7. The molecule has 6 nitrogen and oxygen atoms in total. The molecule has 0 spiro atoms. The van der Waals surface area contributed by atoms with Crippen molar-refractivity contribution >= 4 is 0 Å². The minimum absolute atomic E-state index is 0.291. The highest BCUT2D eigenvalue weighted by atomic mass is 16.5. The van der Waals surface area contributed by atoms with E-state index in [1.807, 2.05) is 60.7 Å². The lowest BCUT2D eigenvalue weighted by Crippen LogP contribution is -2.51. The Hall–Kier alpha value is -2.12. The Morgan fingerprint density at radius 2 is 1.00 bits per heavy atom. The van der Waals surface area contributed by atoms with Gasteiger partial charge in [0, 0.05) is 39.3 Å². The Labute approximate surface area is 166 Å². The molecule has 2 atom stereocenters. The number of β-amino-alcohol motifs (C(OH)–C–C–N with tert-alkyl or cyclic N) is 2. The van der Waals surface area contributed by atoms with Gasteiger partial charge in [0.25, 0.3) is 0 Å². The second-order valence-corrected chi connectivity index (χ2v) is 7.16. The molecule has 0 aromatic heterocycles. The zero-order valence-corrected chi connectivity index (χ0v) is 16.2. The SMILES string of the molecule is OC(COc1ccccc1)CN1CCN(CC(O)COc2ccccc2)CC1. The van der Waals surface area contributed by atoms with Gasteiger partial charge in [0.2, 0.25) is 0 Å². The molecule has 0 radical (unpaired) electrons. The van der Waals surface area contributed by atoms with Crippen LogP contribution in [0.4, 0.5) is 0 Å². The van der Waals surface area contributed by atoms with Crippen LogP contribution in [0.5, 0.6) is 11.5 Å². The summed E-state index contributed by atoms with van der Waals surface area (Å²) in [4.78, 5) is 4.48. The van der Waals surface area contributed by atoms with Gasteiger partial charge < -0.3 is 19.7 Å². The van der Waals surface area contributed by atoms with Crippen LogP contribution in [0.1, 0.15) is 0 Å². The lowest BCUT2D eigenvalue weighted by Gasteiger charge is -2.36. The molecule has 0 amide bonds. The van der Waals surface area contributed by atoms with Crippen molar-refractivity contribution in [3.63, 3.8) is 0 Å². The molecule has 1 fully saturated rings. The molecule has 1 aliphatic rings. The summed E-state index contributed by atoms with van der Waals surface area (Å²) < 4.78 is 11.2. The van der Waals surface area contributed by atoms with E-state index in [-0.39, 0.29) is 0 Å². The number of aliphatic hydroxyl groups excluding tert-OH is 2. The molecular formula is C22H30N2O4. The molecule has 1 heterocycles. The Balaban J connectivity index is 1.29. The predicted octanol–water partition coefficient (Wildman–Crippen LogP) is 1.48. The molecule has 2 aromatic rings. The van der Waals surface area contributed by atoms with Crippen LogP contribution in [0.25, 0.3) is 0 Å². The molecule has 2 unspecified atom stereocenters. The molecule has 0 aliphatic carbocycles. The molecule has 28 heavy (non-hydrogen) atoms. The number of ether oxygens (including phenoxy) is 2. The van der Waals surface area contributed by atoms with Crippen LogP contribution < -0.4 is 9.47 Å². The van der Waals surface area contributed by atoms with E-state index in [1.165, 1.54) is 0 Å². The molecule has 6 heteroatoms. The standard InChI is InChI=1S/C22H30N2O4/c25-19(17-27-21-7-3-1-4-8-21)15-23-11-13-24(14-12-23)16-20(26)18-28-22-9-5-2-6-10-22/h1-10,19-20,25-26H,11-18H2. The summed E-state index contributed by atoms with van der Waals surface area (Å²) in [6.45, 7) is 5.26. The van der Waals surface area contributed by atoms with Gasteiger partial charge in [0.05, 0.1) is 0 Å². The van der Waals surface area contributed by atoms with E-state index in [0.29, 0.717) is 26.3 Å². The van der Waals surface area contributed by atoms with Crippen molar-refractivity contribution in [1.82, 2.24) is 9.80 Å². The van der Waals surface area contributed by atoms with Gasteiger partial charge in [-0.1, -0.05) is 36.4 Å². The average Bonchev–Trinajstić information content (AvgIpc) is 2.74. The molecule has 152 valence electrons. The van der Waals surface area contributed by atoms with Gasteiger partial charge in [-0.25, -0.2) is 0 Å². The van der Waals surface area contributed by atoms with Gasteiger partial charge in [0.15, 0.2) is 0 Å². The summed E-state index contributed by atoms with van der Waals surface area (Å²) in [5.41, 5.74) is 0. The van der Waals surface area contributed by atoms with Crippen LogP contribution in [0.3, 0.4) is 0 Å². The third kappa shape index (κ3) is 7.13. The highest BCUT2D eigenvalue weighted by molar-refractivity contribution is 5.21. The summed E-state index contributed by atoms with van der Waals surface area (Å²) in [7, 11) is 0. The summed E-state index contributed by atoms with van der Waals surface area (Å²) in [5.74, 6) is 1.55. The summed E-state index contributed by atoms with van der Waals surface area (Å²) in [6, 6.07) is 19.1. The number of aliphatic hydroxyl groups is 2. The first-order valence-electron chi connectivity index (χ1n) is 9.85. The first kappa shape index (κ1) is 20.6. The number of nitrogens with zero attached hydrogens (tertiary/aromatic N) is 2. The maximum Gasteiger partial charge on any atom is 0.119 e. The lowest BCUT2D eigenvalue weighted by atomic mass is 10.2. The molecule has 1 saturated heterocycles. The second-order valence-electron chi connectivity index (χ2n) is 7.16. The van der Waals surface area contributed by atoms with E-state index in [9.17, 15) is 10.2 Å². The summed E-state index contributed by atoms with van der Waals surface area (Å²) in [6.07, 6.45) is -1.03. The van der Waals surface area contributed by atoms with Crippen LogP contribution in [-0.2, 0) is 0 Å². The Morgan fingerprint density at radius 1 is 0.643 bits per heavy atom. The van der Waals surface area contributed by atoms with Gasteiger partial charge in [0.1, 0.15) is 36.9 Å². The molecular weight excluding hydrogens is 356 g/mol. The van der Waals surface area contributed by atoms with Crippen molar-refractivity contribution in [3.05, 3.63) is 60.7 Å². The van der Waals surface area contributed by atoms with E-state index in [4.69, 9.17) is 9.47 Å². The van der Waals surface area contributed by atoms with Gasteiger partial charge in [-0.3, -0.25) is 9.80 Å². The molecule has 1 aliphatic heterocycles. The number of hydrogen-bond donors (Lipinski definition) is 2. The zero-order chi connectivity index (χ0) is 19.6. The fraction of sp³-hybridized carbons (Fsp3) is 0.455. The van der Waals surface area contributed by atoms with Crippen molar-refractivity contribution < 1.29 is 19.7 Å². The highest BCUT2D eigenvalue weighted by Gasteiger charge is 2.21. The number of benzene rings is 2. The van der Waals surface area contributed by atoms with Crippen molar-refractivity contribution in [1.29, 1.82) is 0 Å². The van der Waals surface area contributed by atoms with Crippen LogP contribution in [-0.4, -0.2) is 84.7 Å². The maximum absolute atomic E-state index is 10.2. The molecule has 2 aromatic carbocycles. The summed E-state index contributed by atoms with van der Waals surface area (Å²) in [5, 5.41) is 20.4. The fourth-order valence-corrected chi connectivity index (χ4v) is 3.27. The molecule has 3 rings (SSSR count). The predicted molar refractivity (Wildman–Crippen MR) is 109 cm³/mol. The minimum atomic E-state index is -0.517. The number of rotatable bonds is 10. The Bertz CT molecular complexity index is 603. The maximum atomic E-state index is 10.2. The van der Waals surface area contributed by atoms with Gasteiger partial charge in [-0.05, 0) is 24.3 Å². The molecule has 2 N–H and O–H groups in total. The van der Waals surface area contributed by atoms with Gasteiger partial charge in [-0.2, -0.15) is 0 Å². The van der Waals surface area contributed by atoms with Crippen LogP contribution >= 0.6 is 0 Å². The fourth-order valence-electron chi connectivity index (χ4n) is 3.27. The smallest absolute Gasteiger partial charge is 0.119 e. The van der Waals surface area contributed by atoms with E-state index < -0.39 is 12.2 Å². The normalized spacial score (nSPS) is 17.8. The van der Waals surface area contributed by atoms with Crippen LogP contribution in [0.15, 0.2) is 60.7 Å². The Morgan fingerprint density at radius 3 is 1.36 bits per heavy atom. The van der Waals surface area contributed by atoms with Crippen LogP contribution in [0.2, 0.25) is 0 Å². The number of piperazine rings is 1. The van der Waals surface area contributed by atoms with E-state index in [0.717, 1.165) is 37.7 Å². The van der Waals surface area contributed by atoms with E-state index in [2.05, 4.69) is 9.80 Å². The summed E-state index contributed by atoms with van der Waals surface area (Å²) >= 11 is 0. The van der Waals surface area contributed by atoms with Crippen molar-refractivity contribution in [3.8, 4) is 11.5 Å². The topological polar surface area (TPSA) is 65.4 Å². The van der Waals surface area contributed by atoms with Gasteiger partial charge in [-0.15, -0.1) is 0 Å². The average molecular weight is 386 g/mol. The minimum Gasteiger partial charge on any atom is -0.491 e. The Kier molecular flexibility index (Phi) is 8.11. The van der Waals surface area contributed by atoms with E-state index in [1.54, 1.807) is 0 Å². The van der Waals surface area contributed by atoms with E-state index >= 15 is 0 Å². The van der Waals surface area contributed by atoms with Gasteiger partial charge >= 0.3 is 0 Å². The third-order valence-corrected chi connectivity index (χ3v) is 4.77. The third-order valence-electron chi connectivity index (χ3n) is 4.77. The number of para-hydroxylation sites is 2.